The molecule has 1 saturated heterocycles. The van der Waals surface area contributed by atoms with Crippen molar-refractivity contribution >= 4 is 15.8 Å². The van der Waals surface area contributed by atoms with Crippen LogP contribution in [0.25, 0.3) is 0 Å². The molecule has 5 nitrogen and oxygen atoms in total. The molecule has 0 saturated carbocycles. The van der Waals surface area contributed by atoms with E-state index in [1.807, 2.05) is 0 Å². The van der Waals surface area contributed by atoms with E-state index in [0.717, 1.165) is 19.4 Å². The van der Waals surface area contributed by atoms with Gasteiger partial charge in [0, 0.05) is 18.7 Å². The van der Waals surface area contributed by atoms with Gasteiger partial charge in [0.15, 0.2) is 5.78 Å². The van der Waals surface area contributed by atoms with Gasteiger partial charge in [0.1, 0.15) is 0 Å². The highest BCUT2D eigenvalue weighted by molar-refractivity contribution is 7.89. The van der Waals surface area contributed by atoms with Crippen LogP contribution in [0.5, 0.6) is 0 Å². The normalized spacial score (nSPS) is 19.1. The van der Waals surface area contributed by atoms with Gasteiger partial charge in [-0.1, -0.05) is 12.1 Å². The molecule has 1 aliphatic heterocycles. The summed E-state index contributed by atoms with van der Waals surface area (Å²) in [4.78, 5) is 11.4. The molecule has 1 aromatic rings. The number of ketones is 1. The molecule has 20 heavy (non-hydrogen) atoms. The van der Waals surface area contributed by atoms with Crippen LogP contribution >= 0.6 is 0 Å². The minimum Gasteiger partial charge on any atom is -0.378 e. The van der Waals surface area contributed by atoms with Crippen LogP contribution in [0.3, 0.4) is 0 Å². The maximum Gasteiger partial charge on any atom is 0.240 e. The highest BCUT2D eigenvalue weighted by Gasteiger charge is 2.18. The number of rotatable bonds is 6. The Morgan fingerprint density at radius 2 is 2.25 bits per heavy atom. The molecule has 1 aromatic carbocycles. The van der Waals surface area contributed by atoms with Crippen LogP contribution in [0.15, 0.2) is 29.2 Å². The number of carbonyl (C=O) groups is 1. The predicted molar refractivity (Wildman–Crippen MR) is 75.2 cm³/mol. The summed E-state index contributed by atoms with van der Waals surface area (Å²) < 4.78 is 32.2. The van der Waals surface area contributed by atoms with E-state index in [2.05, 4.69) is 4.72 Å². The molecule has 0 aromatic heterocycles. The molecule has 0 bridgehead atoms. The van der Waals surface area contributed by atoms with Crippen molar-refractivity contribution in [3.05, 3.63) is 29.8 Å². The van der Waals surface area contributed by atoms with Gasteiger partial charge in [-0.15, -0.1) is 0 Å². The molecule has 2 rings (SSSR count). The largest absolute Gasteiger partial charge is 0.378 e. The third kappa shape index (κ3) is 3.88. The third-order valence-electron chi connectivity index (χ3n) is 3.33. The molecule has 0 spiro atoms. The summed E-state index contributed by atoms with van der Waals surface area (Å²) in [5.41, 5.74) is 0.395. The molecule has 1 heterocycles. The second kappa shape index (κ2) is 6.47. The van der Waals surface area contributed by atoms with Gasteiger partial charge in [0.05, 0.1) is 11.0 Å². The molecule has 1 aliphatic rings. The van der Waals surface area contributed by atoms with Crippen molar-refractivity contribution in [1.82, 2.24) is 4.72 Å². The van der Waals surface area contributed by atoms with E-state index in [1.54, 1.807) is 12.1 Å². The first kappa shape index (κ1) is 15.2. The molecule has 6 heteroatoms. The summed E-state index contributed by atoms with van der Waals surface area (Å²) in [5, 5.41) is 0. The SMILES string of the molecule is CC(=O)c1cccc(S(=O)(=O)NCC[C@H]2CCCO2)c1. The molecular formula is C14H19NO4S. The van der Waals surface area contributed by atoms with Crippen molar-refractivity contribution in [2.24, 2.45) is 0 Å². The number of sulfonamides is 1. The van der Waals surface area contributed by atoms with E-state index in [9.17, 15) is 13.2 Å². The number of nitrogens with one attached hydrogen (secondary N) is 1. The van der Waals surface area contributed by atoms with Crippen molar-refractivity contribution in [3.8, 4) is 0 Å². The Hall–Kier alpha value is -1.24. The summed E-state index contributed by atoms with van der Waals surface area (Å²) in [6, 6.07) is 6.07. The van der Waals surface area contributed by atoms with Gasteiger partial charge in [0.25, 0.3) is 0 Å². The Morgan fingerprint density at radius 1 is 1.45 bits per heavy atom. The van der Waals surface area contributed by atoms with E-state index in [0.29, 0.717) is 18.5 Å². The molecule has 1 N–H and O–H groups in total. The number of hydrogen-bond donors (Lipinski definition) is 1. The zero-order valence-corrected chi connectivity index (χ0v) is 12.3. The van der Waals surface area contributed by atoms with Gasteiger partial charge in [-0.2, -0.15) is 0 Å². The molecule has 1 atom stereocenters. The molecule has 0 aliphatic carbocycles. The van der Waals surface area contributed by atoms with Crippen LogP contribution in [0.2, 0.25) is 0 Å². The van der Waals surface area contributed by atoms with E-state index in [1.165, 1.54) is 19.1 Å². The lowest BCUT2D eigenvalue weighted by Crippen LogP contribution is -2.27. The average molecular weight is 297 g/mol. The fraction of sp³-hybridized carbons (Fsp3) is 0.500. The van der Waals surface area contributed by atoms with Gasteiger partial charge in [-0.3, -0.25) is 4.79 Å². The van der Waals surface area contributed by atoms with E-state index in [4.69, 9.17) is 4.74 Å². The lowest BCUT2D eigenvalue weighted by atomic mass is 10.2. The smallest absolute Gasteiger partial charge is 0.240 e. The lowest BCUT2D eigenvalue weighted by Gasteiger charge is -2.11. The highest BCUT2D eigenvalue weighted by atomic mass is 32.2. The predicted octanol–water partition coefficient (Wildman–Crippen LogP) is 1.74. The van der Waals surface area contributed by atoms with Crippen LogP contribution in [0.1, 0.15) is 36.5 Å². The Balaban J connectivity index is 1.98. The zero-order valence-electron chi connectivity index (χ0n) is 11.5. The summed E-state index contributed by atoms with van der Waals surface area (Å²) in [7, 11) is -3.57. The maximum absolute atomic E-state index is 12.1. The monoisotopic (exact) mass is 297 g/mol. The van der Waals surface area contributed by atoms with Gasteiger partial charge in [0.2, 0.25) is 10.0 Å². The first-order valence-corrected chi connectivity index (χ1v) is 8.19. The van der Waals surface area contributed by atoms with Gasteiger partial charge >= 0.3 is 0 Å². The van der Waals surface area contributed by atoms with Gasteiger partial charge < -0.3 is 4.74 Å². The van der Waals surface area contributed by atoms with Crippen LogP contribution in [-0.2, 0) is 14.8 Å². The van der Waals surface area contributed by atoms with Gasteiger partial charge in [-0.25, -0.2) is 13.1 Å². The fourth-order valence-electron chi connectivity index (χ4n) is 2.19. The minimum absolute atomic E-state index is 0.123. The molecule has 0 radical (unpaired) electrons. The van der Waals surface area contributed by atoms with Crippen molar-refractivity contribution in [2.75, 3.05) is 13.2 Å². The third-order valence-corrected chi connectivity index (χ3v) is 4.79. The average Bonchev–Trinajstić information content (AvgIpc) is 2.92. The van der Waals surface area contributed by atoms with Crippen molar-refractivity contribution in [1.29, 1.82) is 0 Å². The number of hydrogen-bond acceptors (Lipinski definition) is 4. The van der Waals surface area contributed by atoms with Crippen molar-refractivity contribution in [3.63, 3.8) is 0 Å². The standard InChI is InChI=1S/C14H19NO4S/c1-11(16)12-4-2-6-14(10-12)20(17,18)15-8-7-13-5-3-9-19-13/h2,4,6,10,13,15H,3,5,7-9H2,1H3/t13-/m1/s1. The number of carbonyl (C=O) groups excluding carboxylic acids is 1. The van der Waals surface area contributed by atoms with E-state index < -0.39 is 10.0 Å². The Bertz CT molecular complexity index is 577. The molecule has 110 valence electrons. The fourth-order valence-corrected chi connectivity index (χ4v) is 3.28. The van der Waals surface area contributed by atoms with Crippen LogP contribution in [-0.4, -0.2) is 33.5 Å². The Labute approximate surface area is 119 Å². The zero-order chi connectivity index (χ0) is 14.6. The number of Topliss-reactive ketones (excluding diaryl/α,β-unsaturated/α-hetero) is 1. The number of benzene rings is 1. The first-order chi connectivity index (χ1) is 9.49. The summed E-state index contributed by atoms with van der Waals surface area (Å²) in [5.74, 6) is -0.151. The number of ether oxygens (including phenoxy) is 1. The molecule has 1 fully saturated rings. The molecule has 0 unspecified atom stereocenters. The molecule has 0 amide bonds. The van der Waals surface area contributed by atoms with Crippen molar-refractivity contribution < 1.29 is 17.9 Å². The second-order valence-electron chi connectivity index (χ2n) is 4.91. The lowest BCUT2D eigenvalue weighted by molar-refractivity contribution is 0.101. The topological polar surface area (TPSA) is 72.5 Å². The minimum atomic E-state index is -3.57. The quantitative estimate of drug-likeness (QED) is 0.812. The second-order valence-corrected chi connectivity index (χ2v) is 6.67. The highest BCUT2D eigenvalue weighted by Crippen LogP contribution is 2.16. The van der Waals surface area contributed by atoms with E-state index >= 15 is 0 Å². The summed E-state index contributed by atoms with van der Waals surface area (Å²) in [6.45, 7) is 2.52. The Kier molecular flexibility index (Phi) is 4.91. The van der Waals surface area contributed by atoms with Crippen LogP contribution < -0.4 is 4.72 Å². The molecular weight excluding hydrogens is 278 g/mol. The first-order valence-electron chi connectivity index (χ1n) is 6.71. The summed E-state index contributed by atoms with van der Waals surface area (Å²) >= 11 is 0. The van der Waals surface area contributed by atoms with Gasteiger partial charge in [-0.05, 0) is 38.3 Å². The van der Waals surface area contributed by atoms with Crippen molar-refractivity contribution in [2.45, 2.75) is 37.2 Å². The van der Waals surface area contributed by atoms with Crippen LogP contribution in [0, 0.1) is 0 Å². The summed E-state index contributed by atoms with van der Waals surface area (Å²) in [6.07, 6.45) is 2.85. The maximum atomic E-state index is 12.1. The van der Waals surface area contributed by atoms with E-state index in [-0.39, 0.29) is 16.8 Å². The van der Waals surface area contributed by atoms with Crippen LogP contribution in [0.4, 0.5) is 0 Å². The Morgan fingerprint density at radius 3 is 2.90 bits per heavy atom.